The predicted octanol–water partition coefficient (Wildman–Crippen LogP) is 2.62. The van der Waals surface area contributed by atoms with Gasteiger partial charge >= 0.3 is 0 Å². The number of nitrogens with zero attached hydrogens (tertiary/aromatic N) is 3. The Morgan fingerprint density at radius 2 is 1.96 bits per heavy atom. The van der Waals surface area contributed by atoms with Crippen LogP contribution in [0.5, 0.6) is 0 Å². The van der Waals surface area contributed by atoms with Crippen molar-refractivity contribution in [2.24, 2.45) is 5.73 Å². The SMILES string of the molecule is C=C(N)C1(S(=O)N2CCN(c3ccc(CCCCC)cn3)CC2)CCOCC1. The number of rotatable bonds is 8. The van der Waals surface area contributed by atoms with Gasteiger partial charge in [-0.3, -0.25) is 0 Å². The van der Waals surface area contributed by atoms with Gasteiger partial charge in [0.25, 0.3) is 0 Å². The topological polar surface area (TPSA) is 71.7 Å². The van der Waals surface area contributed by atoms with Gasteiger partial charge in [-0.1, -0.05) is 32.4 Å². The van der Waals surface area contributed by atoms with E-state index in [-0.39, 0.29) is 0 Å². The molecule has 1 aromatic heterocycles. The molecule has 7 heteroatoms. The number of pyridine rings is 1. The zero-order chi connectivity index (χ0) is 20.0. The highest BCUT2D eigenvalue weighted by Gasteiger charge is 2.43. The number of aryl methyl sites for hydroxylation is 1. The third-order valence-electron chi connectivity index (χ3n) is 5.90. The molecule has 2 aliphatic heterocycles. The fourth-order valence-electron chi connectivity index (χ4n) is 3.97. The highest BCUT2D eigenvalue weighted by molar-refractivity contribution is 7.84. The summed E-state index contributed by atoms with van der Waals surface area (Å²) in [5, 5.41) is 0. The zero-order valence-electron chi connectivity index (χ0n) is 17.1. The number of hydrogen-bond donors (Lipinski definition) is 1. The summed E-state index contributed by atoms with van der Waals surface area (Å²) in [7, 11) is -1.18. The van der Waals surface area contributed by atoms with Crippen LogP contribution in [0.1, 0.15) is 44.6 Å². The second-order valence-electron chi connectivity index (χ2n) is 7.78. The highest BCUT2D eigenvalue weighted by Crippen LogP contribution is 2.34. The normalized spacial score (nSPS) is 21.4. The van der Waals surface area contributed by atoms with Crippen molar-refractivity contribution < 1.29 is 8.95 Å². The maximum atomic E-state index is 13.3. The maximum absolute atomic E-state index is 13.3. The van der Waals surface area contributed by atoms with Crippen LogP contribution in [-0.2, 0) is 22.1 Å². The van der Waals surface area contributed by atoms with Crippen LogP contribution in [0.15, 0.2) is 30.6 Å². The van der Waals surface area contributed by atoms with Crippen LogP contribution in [0.25, 0.3) is 0 Å². The van der Waals surface area contributed by atoms with Gasteiger partial charge in [0, 0.05) is 51.3 Å². The molecule has 0 radical (unpaired) electrons. The largest absolute Gasteiger partial charge is 0.401 e. The fraction of sp³-hybridized carbons (Fsp3) is 0.667. The molecule has 28 heavy (non-hydrogen) atoms. The van der Waals surface area contributed by atoms with E-state index in [0.717, 1.165) is 38.4 Å². The van der Waals surface area contributed by atoms with Crippen molar-refractivity contribution in [2.45, 2.75) is 50.2 Å². The Kier molecular flexibility index (Phi) is 7.48. The minimum Gasteiger partial charge on any atom is -0.401 e. The molecule has 0 spiro atoms. The lowest BCUT2D eigenvalue weighted by Gasteiger charge is -2.42. The number of ether oxygens (including phenoxy) is 1. The van der Waals surface area contributed by atoms with Gasteiger partial charge in [-0.05, 0) is 37.3 Å². The third-order valence-corrected chi connectivity index (χ3v) is 8.07. The Morgan fingerprint density at radius 1 is 1.25 bits per heavy atom. The van der Waals surface area contributed by atoms with Gasteiger partial charge in [0.05, 0.1) is 0 Å². The van der Waals surface area contributed by atoms with Crippen molar-refractivity contribution in [2.75, 3.05) is 44.3 Å². The summed E-state index contributed by atoms with van der Waals surface area (Å²) < 4.78 is 20.3. The van der Waals surface area contributed by atoms with Crippen LogP contribution >= 0.6 is 0 Å². The van der Waals surface area contributed by atoms with Gasteiger partial charge in [-0.2, -0.15) is 0 Å². The van der Waals surface area contributed by atoms with E-state index in [0.29, 0.717) is 31.8 Å². The highest BCUT2D eigenvalue weighted by atomic mass is 32.2. The van der Waals surface area contributed by atoms with E-state index >= 15 is 0 Å². The van der Waals surface area contributed by atoms with Crippen molar-refractivity contribution in [3.8, 4) is 0 Å². The molecule has 0 aliphatic carbocycles. The first-order valence-corrected chi connectivity index (χ1v) is 11.6. The van der Waals surface area contributed by atoms with Gasteiger partial charge in [0.2, 0.25) is 0 Å². The molecule has 0 saturated carbocycles. The number of unbranched alkanes of at least 4 members (excludes halogenated alkanes) is 2. The molecule has 2 aliphatic rings. The fourth-order valence-corrected chi connectivity index (χ4v) is 5.70. The molecule has 1 atom stereocenters. The molecular formula is C21H34N4O2S. The lowest BCUT2D eigenvalue weighted by molar-refractivity contribution is 0.0822. The van der Waals surface area contributed by atoms with Crippen LogP contribution in [0.3, 0.4) is 0 Å². The van der Waals surface area contributed by atoms with Gasteiger partial charge in [-0.15, -0.1) is 0 Å². The number of piperazine rings is 1. The monoisotopic (exact) mass is 406 g/mol. The summed E-state index contributed by atoms with van der Waals surface area (Å²) in [5.74, 6) is 1.01. The molecule has 2 saturated heterocycles. The molecule has 0 amide bonds. The second kappa shape index (κ2) is 9.85. The molecule has 2 N–H and O–H groups in total. The maximum Gasteiger partial charge on any atom is 0.128 e. The van der Waals surface area contributed by atoms with Crippen molar-refractivity contribution in [3.05, 3.63) is 36.2 Å². The molecule has 1 aromatic rings. The van der Waals surface area contributed by atoms with E-state index in [2.05, 4.69) is 39.8 Å². The molecule has 6 nitrogen and oxygen atoms in total. The number of nitrogens with two attached hydrogens (primary N) is 1. The summed E-state index contributed by atoms with van der Waals surface area (Å²) in [6.45, 7) is 10.5. The van der Waals surface area contributed by atoms with Crippen molar-refractivity contribution in [1.82, 2.24) is 9.29 Å². The minimum absolute atomic E-state index is 0.525. The average molecular weight is 407 g/mol. The standard InChI is InChI=1S/C21H34N4O2S/c1-3-4-5-6-19-7-8-20(23-17-19)24-11-13-25(14-12-24)28(26)21(18(2)22)9-15-27-16-10-21/h7-8,17H,2-6,9-16,22H2,1H3. The van der Waals surface area contributed by atoms with Gasteiger partial charge in [0.15, 0.2) is 0 Å². The van der Waals surface area contributed by atoms with E-state index < -0.39 is 15.7 Å². The quantitative estimate of drug-likeness (QED) is 0.672. The summed E-state index contributed by atoms with van der Waals surface area (Å²) >= 11 is 0. The minimum atomic E-state index is -1.18. The van der Waals surface area contributed by atoms with E-state index in [1.54, 1.807) is 0 Å². The predicted molar refractivity (Wildman–Crippen MR) is 116 cm³/mol. The van der Waals surface area contributed by atoms with Crippen molar-refractivity contribution >= 4 is 16.8 Å². The van der Waals surface area contributed by atoms with Crippen LogP contribution in [0.2, 0.25) is 0 Å². The number of hydrogen-bond acceptors (Lipinski definition) is 5. The Balaban J connectivity index is 1.56. The first kappa shape index (κ1) is 21.3. The summed E-state index contributed by atoms with van der Waals surface area (Å²) in [4.78, 5) is 6.94. The van der Waals surface area contributed by atoms with Crippen LogP contribution < -0.4 is 10.6 Å². The zero-order valence-corrected chi connectivity index (χ0v) is 17.9. The van der Waals surface area contributed by atoms with Crippen molar-refractivity contribution in [3.63, 3.8) is 0 Å². The van der Waals surface area contributed by atoms with Crippen LogP contribution in [0, 0.1) is 0 Å². The molecule has 3 heterocycles. The molecule has 0 bridgehead atoms. The number of aromatic nitrogens is 1. The van der Waals surface area contributed by atoms with E-state index in [1.165, 1.54) is 24.8 Å². The Hall–Kier alpha value is -1.44. The Bertz CT molecular complexity index is 665. The van der Waals surface area contributed by atoms with E-state index in [1.807, 2.05) is 6.20 Å². The van der Waals surface area contributed by atoms with Gasteiger partial charge < -0.3 is 15.4 Å². The molecule has 3 rings (SSSR count). The first-order valence-electron chi connectivity index (χ1n) is 10.5. The second-order valence-corrected chi connectivity index (χ2v) is 9.58. The van der Waals surface area contributed by atoms with Gasteiger partial charge in [-0.25, -0.2) is 13.5 Å². The van der Waals surface area contributed by atoms with E-state index in [4.69, 9.17) is 10.5 Å². The summed E-state index contributed by atoms with van der Waals surface area (Å²) in [5.41, 5.74) is 7.93. The molecule has 1 unspecified atom stereocenters. The van der Waals surface area contributed by atoms with Gasteiger partial charge in [0.1, 0.15) is 21.6 Å². The van der Waals surface area contributed by atoms with Crippen LogP contribution in [0.4, 0.5) is 5.82 Å². The average Bonchev–Trinajstić information content (AvgIpc) is 2.74. The van der Waals surface area contributed by atoms with Crippen LogP contribution in [-0.4, -0.2) is 57.6 Å². The van der Waals surface area contributed by atoms with Crippen molar-refractivity contribution in [1.29, 1.82) is 0 Å². The molecule has 2 fully saturated rings. The lowest BCUT2D eigenvalue weighted by Crippen LogP contribution is -2.55. The number of anilines is 1. The lowest BCUT2D eigenvalue weighted by atomic mass is 9.96. The Morgan fingerprint density at radius 3 is 2.54 bits per heavy atom. The molecule has 156 valence electrons. The first-order chi connectivity index (χ1) is 13.6. The summed E-state index contributed by atoms with van der Waals surface area (Å²) in [6, 6.07) is 4.31. The smallest absolute Gasteiger partial charge is 0.128 e. The Labute approximate surface area is 171 Å². The molecule has 0 aromatic carbocycles. The third kappa shape index (κ3) is 4.75. The van der Waals surface area contributed by atoms with E-state index in [9.17, 15) is 4.21 Å². The molecular weight excluding hydrogens is 372 g/mol. The summed E-state index contributed by atoms with van der Waals surface area (Å²) in [6.07, 6.45) is 8.19.